The Kier molecular flexibility index (Phi) is 5.91. The zero-order valence-electron chi connectivity index (χ0n) is 11.6. The third-order valence-corrected chi connectivity index (χ3v) is 4.14. The molecule has 1 unspecified atom stereocenters. The lowest BCUT2D eigenvalue weighted by molar-refractivity contribution is 0.570. The van der Waals surface area contributed by atoms with Crippen LogP contribution in [-0.4, -0.2) is 20.3 Å². The van der Waals surface area contributed by atoms with Crippen molar-refractivity contribution < 1.29 is 8.42 Å². The van der Waals surface area contributed by atoms with E-state index in [9.17, 15) is 8.42 Å². The van der Waals surface area contributed by atoms with Crippen molar-refractivity contribution in [2.45, 2.75) is 31.0 Å². The minimum absolute atomic E-state index is 0.0512. The van der Waals surface area contributed by atoms with Crippen molar-refractivity contribution in [3.63, 3.8) is 0 Å². The molecule has 0 aliphatic carbocycles. The highest BCUT2D eigenvalue weighted by Crippen LogP contribution is 2.14. The van der Waals surface area contributed by atoms with Gasteiger partial charge in [0.2, 0.25) is 10.0 Å². The van der Waals surface area contributed by atoms with E-state index in [1.807, 2.05) is 20.8 Å². The number of alkyl halides is 1. The molecule has 1 aromatic carbocycles. The van der Waals surface area contributed by atoms with Crippen molar-refractivity contribution >= 4 is 33.2 Å². The van der Waals surface area contributed by atoms with Gasteiger partial charge in [-0.05, 0) is 45.0 Å². The number of rotatable bonds is 4. The van der Waals surface area contributed by atoms with Gasteiger partial charge in [0, 0.05) is 17.0 Å². The maximum Gasteiger partial charge on any atom is 0.240 e. The molecule has 0 amide bonds. The van der Waals surface area contributed by atoms with E-state index in [-0.39, 0.29) is 16.9 Å². The molecule has 1 rings (SSSR count). The predicted molar refractivity (Wildman–Crippen MR) is 83.5 cm³/mol. The fourth-order valence-corrected chi connectivity index (χ4v) is 2.62. The average Bonchev–Trinajstić information content (AvgIpc) is 2.34. The summed E-state index contributed by atoms with van der Waals surface area (Å²) in [6, 6.07) is 5.92. The largest absolute Gasteiger partial charge is 0.240 e. The van der Waals surface area contributed by atoms with Crippen molar-refractivity contribution in [2.24, 2.45) is 5.41 Å². The van der Waals surface area contributed by atoms with Crippen LogP contribution in [0.4, 0.5) is 0 Å². The first kappa shape index (κ1) is 17.3. The lowest BCUT2D eigenvalue weighted by Crippen LogP contribution is -2.29. The minimum Gasteiger partial charge on any atom is -0.209 e. The van der Waals surface area contributed by atoms with E-state index in [0.717, 1.165) is 0 Å². The fraction of sp³-hybridized carbons (Fsp3) is 0.429. The van der Waals surface area contributed by atoms with Crippen molar-refractivity contribution in [3.8, 4) is 11.8 Å². The third-order valence-electron chi connectivity index (χ3n) is 2.18. The zero-order valence-corrected chi connectivity index (χ0v) is 13.9. The molecule has 0 spiro atoms. The lowest BCUT2D eigenvalue weighted by atomic mass is 9.98. The van der Waals surface area contributed by atoms with Crippen LogP contribution < -0.4 is 4.72 Å². The van der Waals surface area contributed by atoms with E-state index in [1.54, 1.807) is 0 Å². The van der Waals surface area contributed by atoms with Crippen molar-refractivity contribution in [2.75, 3.05) is 6.54 Å². The van der Waals surface area contributed by atoms with Gasteiger partial charge in [-0.25, -0.2) is 13.1 Å². The molecule has 0 aliphatic heterocycles. The van der Waals surface area contributed by atoms with Crippen molar-refractivity contribution in [3.05, 3.63) is 29.3 Å². The first-order valence-electron chi connectivity index (χ1n) is 6.02. The molecular weight excluding hydrogens is 317 g/mol. The summed E-state index contributed by atoms with van der Waals surface area (Å²) in [6.07, 6.45) is 0. The highest BCUT2D eigenvalue weighted by atomic mass is 35.5. The Labute approximate surface area is 130 Å². The van der Waals surface area contributed by atoms with Gasteiger partial charge >= 0.3 is 0 Å². The number of nitrogens with one attached hydrogen (secondary N) is 1. The zero-order chi connectivity index (χ0) is 15.4. The molecule has 0 aromatic heterocycles. The van der Waals surface area contributed by atoms with Gasteiger partial charge in [0.15, 0.2) is 0 Å². The van der Waals surface area contributed by atoms with Gasteiger partial charge in [-0.15, -0.1) is 11.6 Å². The van der Waals surface area contributed by atoms with Gasteiger partial charge in [0.05, 0.1) is 4.90 Å². The van der Waals surface area contributed by atoms with Gasteiger partial charge in [-0.3, -0.25) is 0 Å². The van der Waals surface area contributed by atoms with Crippen LogP contribution in [0.15, 0.2) is 29.2 Å². The quantitative estimate of drug-likeness (QED) is 0.678. The summed E-state index contributed by atoms with van der Waals surface area (Å²) in [7, 11) is -3.59. The monoisotopic (exact) mass is 333 g/mol. The van der Waals surface area contributed by atoms with Gasteiger partial charge in [-0.1, -0.05) is 23.4 Å². The van der Waals surface area contributed by atoms with Gasteiger partial charge in [-0.2, -0.15) is 0 Å². The molecule has 0 saturated heterocycles. The van der Waals surface area contributed by atoms with Gasteiger partial charge in [0.25, 0.3) is 0 Å². The van der Waals surface area contributed by atoms with E-state index >= 15 is 0 Å². The maximum absolute atomic E-state index is 12.0. The minimum atomic E-state index is -3.59. The molecule has 0 heterocycles. The van der Waals surface area contributed by atoms with Crippen LogP contribution in [0.5, 0.6) is 0 Å². The summed E-state index contributed by atoms with van der Waals surface area (Å²) in [4.78, 5) is 0.148. The summed E-state index contributed by atoms with van der Waals surface area (Å²) < 4.78 is 26.4. The molecule has 110 valence electrons. The summed E-state index contributed by atoms with van der Waals surface area (Å²) in [6.45, 7) is 5.93. The van der Waals surface area contributed by atoms with Crippen LogP contribution in [0.3, 0.4) is 0 Å². The summed E-state index contributed by atoms with van der Waals surface area (Å²) in [5.41, 5.74) is -0.164. The fourth-order valence-electron chi connectivity index (χ4n) is 1.23. The van der Waals surface area contributed by atoms with Crippen LogP contribution in [-0.2, 0) is 10.0 Å². The SMILES string of the molecule is CC(C)(C)C#CC(Cl)CNS(=O)(=O)c1ccc(Cl)cc1. The molecule has 0 saturated carbocycles. The van der Waals surface area contributed by atoms with Gasteiger partial charge < -0.3 is 0 Å². The van der Waals surface area contributed by atoms with Crippen LogP contribution in [0, 0.1) is 17.3 Å². The molecular formula is C14H17Cl2NO2S. The summed E-state index contributed by atoms with van der Waals surface area (Å²) in [5, 5.41) is -0.0912. The number of benzene rings is 1. The third kappa shape index (κ3) is 6.15. The van der Waals surface area contributed by atoms with Crippen LogP contribution in [0.2, 0.25) is 5.02 Å². The molecule has 0 bridgehead atoms. The molecule has 1 aromatic rings. The maximum atomic E-state index is 12.0. The number of sulfonamides is 1. The van der Waals surface area contributed by atoms with Gasteiger partial charge in [0.1, 0.15) is 5.38 Å². The van der Waals surface area contributed by atoms with E-state index in [4.69, 9.17) is 23.2 Å². The number of hydrogen-bond acceptors (Lipinski definition) is 2. The average molecular weight is 334 g/mol. The number of halogens is 2. The molecule has 0 fully saturated rings. The first-order valence-corrected chi connectivity index (χ1v) is 8.32. The Morgan fingerprint density at radius 3 is 2.30 bits per heavy atom. The Morgan fingerprint density at radius 2 is 1.80 bits per heavy atom. The van der Waals surface area contributed by atoms with Crippen LogP contribution in [0.1, 0.15) is 20.8 Å². The molecule has 1 atom stereocenters. The van der Waals surface area contributed by atoms with Crippen LogP contribution >= 0.6 is 23.2 Å². The van der Waals surface area contributed by atoms with E-state index < -0.39 is 15.4 Å². The van der Waals surface area contributed by atoms with E-state index in [1.165, 1.54) is 24.3 Å². The van der Waals surface area contributed by atoms with Crippen molar-refractivity contribution in [1.29, 1.82) is 0 Å². The summed E-state index contributed by atoms with van der Waals surface area (Å²) in [5.74, 6) is 5.79. The second-order valence-electron chi connectivity index (χ2n) is 5.29. The second-order valence-corrected chi connectivity index (χ2v) is 8.02. The Morgan fingerprint density at radius 1 is 1.25 bits per heavy atom. The Bertz CT molecular complexity index is 607. The number of hydrogen-bond donors (Lipinski definition) is 1. The normalized spacial score (nSPS) is 13.4. The lowest BCUT2D eigenvalue weighted by Gasteiger charge is -2.10. The molecule has 0 aliphatic rings. The van der Waals surface area contributed by atoms with Crippen molar-refractivity contribution in [1.82, 2.24) is 4.72 Å². The highest BCUT2D eigenvalue weighted by Gasteiger charge is 2.15. The molecule has 6 heteroatoms. The Hall–Kier alpha value is -0.730. The summed E-state index contributed by atoms with van der Waals surface area (Å²) >= 11 is 11.7. The second kappa shape index (κ2) is 6.82. The van der Waals surface area contributed by atoms with Crippen LogP contribution in [0.25, 0.3) is 0 Å². The topological polar surface area (TPSA) is 46.2 Å². The standard InChI is InChI=1S/C14H17Cl2NO2S/c1-14(2,3)9-8-12(16)10-17-20(18,19)13-6-4-11(15)5-7-13/h4-7,12,17H,10H2,1-3H3. The van der Waals surface area contributed by atoms with E-state index in [0.29, 0.717) is 5.02 Å². The molecule has 3 nitrogen and oxygen atoms in total. The van der Waals surface area contributed by atoms with E-state index in [2.05, 4.69) is 16.6 Å². The highest BCUT2D eigenvalue weighted by molar-refractivity contribution is 7.89. The first-order chi connectivity index (χ1) is 9.10. The smallest absolute Gasteiger partial charge is 0.209 e. The molecule has 1 N–H and O–H groups in total. The molecule has 20 heavy (non-hydrogen) atoms. The molecule has 0 radical (unpaired) electrons. The Balaban J connectivity index is 2.68. The predicted octanol–water partition coefficient (Wildman–Crippen LogP) is 3.28.